The molecule has 1 heterocycles. The molecule has 0 spiro atoms. The zero-order chi connectivity index (χ0) is 11.4. The third kappa shape index (κ3) is 2.73. The monoisotopic (exact) mass is 279 g/mol. The summed E-state index contributed by atoms with van der Waals surface area (Å²) in [6, 6.07) is 4.46. The Morgan fingerprint density at radius 2 is 2.12 bits per heavy atom. The summed E-state index contributed by atoms with van der Waals surface area (Å²) in [5.41, 5.74) is 0.611. The van der Waals surface area contributed by atoms with E-state index >= 15 is 0 Å². The van der Waals surface area contributed by atoms with Gasteiger partial charge in [0.25, 0.3) is 0 Å². The van der Waals surface area contributed by atoms with Gasteiger partial charge < -0.3 is 5.32 Å². The summed E-state index contributed by atoms with van der Waals surface area (Å²) in [4.78, 5) is 4.26. The Labute approximate surface area is 104 Å². The first-order valence-corrected chi connectivity index (χ1v) is 6.41. The number of hydrogen-bond donors (Lipinski definition) is 1. The van der Waals surface area contributed by atoms with E-state index in [0.717, 1.165) is 10.3 Å². The third-order valence-electron chi connectivity index (χ3n) is 2.92. The number of nitrogens with zero attached hydrogens (tertiary/aromatic N) is 2. The van der Waals surface area contributed by atoms with Crippen molar-refractivity contribution in [3.63, 3.8) is 0 Å². The molecule has 1 aromatic heterocycles. The molecule has 3 nitrogen and oxygen atoms in total. The molecule has 1 aliphatic rings. The Morgan fingerprint density at radius 3 is 2.81 bits per heavy atom. The summed E-state index contributed by atoms with van der Waals surface area (Å²) in [5, 5.41) is 12.4. The lowest BCUT2D eigenvalue weighted by Crippen LogP contribution is -2.23. The Balaban J connectivity index is 2.11. The summed E-state index contributed by atoms with van der Waals surface area (Å²) in [5.74, 6) is 0.720. The van der Waals surface area contributed by atoms with Gasteiger partial charge in [0.05, 0.1) is 5.56 Å². The number of rotatable bonds is 2. The zero-order valence-electron chi connectivity index (χ0n) is 9.04. The van der Waals surface area contributed by atoms with Crippen LogP contribution in [0, 0.1) is 11.3 Å². The Hall–Kier alpha value is -1.08. The average molecular weight is 280 g/mol. The van der Waals surface area contributed by atoms with Crippen molar-refractivity contribution in [2.45, 2.75) is 38.1 Å². The van der Waals surface area contributed by atoms with E-state index < -0.39 is 0 Å². The minimum absolute atomic E-state index is 0.481. The molecule has 4 heteroatoms. The second kappa shape index (κ2) is 5.31. The highest BCUT2D eigenvalue weighted by Gasteiger charge is 2.15. The Kier molecular flexibility index (Phi) is 3.79. The summed E-state index contributed by atoms with van der Waals surface area (Å²) in [7, 11) is 0. The predicted molar refractivity (Wildman–Crippen MR) is 67.1 cm³/mol. The number of nitriles is 1. The number of pyridine rings is 1. The lowest BCUT2D eigenvalue weighted by Gasteiger charge is -2.23. The molecule has 1 N–H and O–H groups in total. The van der Waals surface area contributed by atoms with Gasteiger partial charge in [-0.25, -0.2) is 4.98 Å². The normalized spacial score (nSPS) is 16.8. The van der Waals surface area contributed by atoms with Crippen LogP contribution in [0.3, 0.4) is 0 Å². The lowest BCUT2D eigenvalue weighted by molar-refractivity contribution is 0.462. The van der Waals surface area contributed by atoms with Crippen LogP contribution in [0.15, 0.2) is 16.7 Å². The largest absolute Gasteiger partial charge is 0.366 e. The topological polar surface area (TPSA) is 48.7 Å². The first-order valence-electron chi connectivity index (χ1n) is 5.62. The van der Waals surface area contributed by atoms with E-state index in [4.69, 9.17) is 5.26 Å². The van der Waals surface area contributed by atoms with Gasteiger partial charge in [-0.2, -0.15) is 5.26 Å². The van der Waals surface area contributed by atoms with E-state index in [2.05, 4.69) is 32.3 Å². The lowest BCUT2D eigenvalue weighted by atomic mass is 9.95. The summed E-state index contributed by atoms with van der Waals surface area (Å²) >= 11 is 3.32. The summed E-state index contributed by atoms with van der Waals surface area (Å²) in [6.07, 6.45) is 7.97. The van der Waals surface area contributed by atoms with Crippen LogP contribution in [-0.2, 0) is 0 Å². The molecule has 0 atom stereocenters. The minimum Gasteiger partial charge on any atom is -0.366 e. The van der Waals surface area contributed by atoms with Gasteiger partial charge in [0, 0.05) is 16.7 Å². The van der Waals surface area contributed by atoms with E-state index in [0.29, 0.717) is 11.6 Å². The first kappa shape index (κ1) is 11.4. The summed E-state index contributed by atoms with van der Waals surface area (Å²) in [6.45, 7) is 0. The van der Waals surface area contributed by atoms with Crippen molar-refractivity contribution in [1.82, 2.24) is 4.98 Å². The molecule has 84 valence electrons. The standard InChI is InChI=1S/C12H14BrN3/c13-10-6-9(7-14)12(15-8-10)16-11-4-2-1-3-5-11/h6,8,11H,1-5H2,(H,15,16). The maximum absolute atomic E-state index is 9.02. The fourth-order valence-electron chi connectivity index (χ4n) is 2.08. The molecule has 0 amide bonds. The second-order valence-electron chi connectivity index (χ2n) is 4.14. The van der Waals surface area contributed by atoms with Gasteiger partial charge in [-0.3, -0.25) is 0 Å². The molecule has 1 aliphatic carbocycles. The number of hydrogen-bond acceptors (Lipinski definition) is 3. The fraction of sp³-hybridized carbons (Fsp3) is 0.500. The fourth-order valence-corrected chi connectivity index (χ4v) is 2.41. The average Bonchev–Trinajstić information content (AvgIpc) is 2.33. The highest BCUT2D eigenvalue weighted by atomic mass is 79.9. The molecule has 0 bridgehead atoms. The van der Waals surface area contributed by atoms with E-state index in [1.165, 1.54) is 32.1 Å². The van der Waals surface area contributed by atoms with E-state index in [1.54, 1.807) is 12.3 Å². The van der Waals surface area contributed by atoms with Crippen molar-refractivity contribution in [2.24, 2.45) is 0 Å². The molecular weight excluding hydrogens is 266 g/mol. The first-order chi connectivity index (χ1) is 7.79. The van der Waals surface area contributed by atoms with Gasteiger partial charge in [-0.05, 0) is 34.8 Å². The molecule has 0 radical (unpaired) electrons. The number of nitrogens with one attached hydrogen (secondary N) is 1. The van der Waals surface area contributed by atoms with E-state index in [-0.39, 0.29) is 0 Å². The number of anilines is 1. The van der Waals surface area contributed by atoms with Crippen molar-refractivity contribution in [1.29, 1.82) is 5.26 Å². The molecule has 1 fully saturated rings. The van der Waals surface area contributed by atoms with Crippen LogP contribution in [0.5, 0.6) is 0 Å². The maximum Gasteiger partial charge on any atom is 0.144 e. The predicted octanol–water partition coefficient (Wildman–Crippen LogP) is 3.46. The van der Waals surface area contributed by atoms with Crippen molar-refractivity contribution in [3.8, 4) is 6.07 Å². The molecule has 1 aromatic rings. The molecule has 0 aliphatic heterocycles. The minimum atomic E-state index is 0.481. The number of aromatic nitrogens is 1. The molecule has 0 saturated heterocycles. The Morgan fingerprint density at radius 1 is 1.38 bits per heavy atom. The van der Waals surface area contributed by atoms with Crippen LogP contribution in [0.4, 0.5) is 5.82 Å². The van der Waals surface area contributed by atoms with Crippen LogP contribution in [0.25, 0.3) is 0 Å². The Bertz CT molecular complexity index is 405. The van der Waals surface area contributed by atoms with Crippen LogP contribution >= 0.6 is 15.9 Å². The van der Waals surface area contributed by atoms with E-state index in [1.807, 2.05) is 0 Å². The SMILES string of the molecule is N#Cc1cc(Br)cnc1NC1CCCCC1. The van der Waals surface area contributed by atoms with Crippen LogP contribution in [-0.4, -0.2) is 11.0 Å². The number of halogens is 1. The second-order valence-corrected chi connectivity index (χ2v) is 5.06. The van der Waals surface area contributed by atoms with Gasteiger partial charge in [-0.1, -0.05) is 19.3 Å². The molecular formula is C12H14BrN3. The van der Waals surface area contributed by atoms with Crippen molar-refractivity contribution in [3.05, 3.63) is 22.3 Å². The van der Waals surface area contributed by atoms with E-state index in [9.17, 15) is 0 Å². The van der Waals surface area contributed by atoms with Crippen LogP contribution in [0.2, 0.25) is 0 Å². The zero-order valence-corrected chi connectivity index (χ0v) is 10.6. The van der Waals surface area contributed by atoms with Crippen LogP contribution < -0.4 is 5.32 Å². The van der Waals surface area contributed by atoms with Gasteiger partial charge in [-0.15, -0.1) is 0 Å². The summed E-state index contributed by atoms with van der Waals surface area (Å²) < 4.78 is 0.846. The quantitative estimate of drug-likeness (QED) is 0.902. The molecule has 0 unspecified atom stereocenters. The molecule has 16 heavy (non-hydrogen) atoms. The van der Waals surface area contributed by atoms with Gasteiger partial charge in [0.15, 0.2) is 0 Å². The highest BCUT2D eigenvalue weighted by molar-refractivity contribution is 9.10. The van der Waals surface area contributed by atoms with Gasteiger partial charge >= 0.3 is 0 Å². The van der Waals surface area contributed by atoms with Crippen LogP contribution in [0.1, 0.15) is 37.7 Å². The molecule has 0 aromatic carbocycles. The third-order valence-corrected chi connectivity index (χ3v) is 3.35. The van der Waals surface area contributed by atoms with Gasteiger partial charge in [0.1, 0.15) is 11.9 Å². The smallest absolute Gasteiger partial charge is 0.144 e. The maximum atomic E-state index is 9.02. The molecule has 2 rings (SSSR count). The van der Waals surface area contributed by atoms with Gasteiger partial charge in [0.2, 0.25) is 0 Å². The van der Waals surface area contributed by atoms with Crippen molar-refractivity contribution < 1.29 is 0 Å². The highest BCUT2D eigenvalue weighted by Crippen LogP contribution is 2.23. The van der Waals surface area contributed by atoms with Crippen molar-refractivity contribution >= 4 is 21.7 Å². The molecule has 1 saturated carbocycles. The van der Waals surface area contributed by atoms with Crippen molar-refractivity contribution in [2.75, 3.05) is 5.32 Å².